The maximum Gasteiger partial charge on any atom is 0.344 e. The minimum Gasteiger partial charge on any atom is -0.422 e. The van der Waals surface area contributed by atoms with Crippen LogP contribution in [0.5, 0.6) is 0 Å². The summed E-state index contributed by atoms with van der Waals surface area (Å²) >= 11 is 0. The first-order valence-electron chi connectivity index (χ1n) is 5.33. The van der Waals surface area contributed by atoms with Gasteiger partial charge >= 0.3 is 5.97 Å². The number of fused-ring (bicyclic) bond motifs is 1. The number of carbonyl (C=O) groups is 1. The van der Waals surface area contributed by atoms with Gasteiger partial charge < -0.3 is 4.74 Å². The Hall–Kier alpha value is -2.57. The molecule has 0 amide bonds. The van der Waals surface area contributed by atoms with Gasteiger partial charge in [0.1, 0.15) is 23.7 Å². The lowest BCUT2D eigenvalue weighted by Gasteiger charge is -2.00. The molecule has 7 heteroatoms. The van der Waals surface area contributed by atoms with Crippen LogP contribution in [-0.4, -0.2) is 20.7 Å². The number of aryl methyl sites for hydroxylation is 1. The molecule has 0 radical (unpaired) electrons. The number of cyclic esters (lactones) is 1. The van der Waals surface area contributed by atoms with Gasteiger partial charge in [0.05, 0.1) is 11.1 Å². The average Bonchev–Trinajstić information content (AvgIpc) is 2.86. The molecular weight excluding hydrogens is 256 g/mol. The molecule has 0 saturated carbocycles. The van der Waals surface area contributed by atoms with Gasteiger partial charge in [0.15, 0.2) is 5.82 Å². The molecule has 0 aliphatic carbocycles. The number of ether oxygens (including phenoxy) is 1. The van der Waals surface area contributed by atoms with Gasteiger partial charge in [0.2, 0.25) is 0 Å². The zero-order valence-corrected chi connectivity index (χ0v) is 9.72. The van der Waals surface area contributed by atoms with Crippen molar-refractivity contribution in [1.82, 2.24) is 14.8 Å². The second-order valence-corrected chi connectivity index (χ2v) is 3.95. The topological polar surface area (TPSA) is 57.0 Å². The van der Waals surface area contributed by atoms with Crippen LogP contribution in [0, 0.1) is 11.6 Å². The number of aromatic nitrogens is 3. The van der Waals surface area contributed by atoms with Crippen molar-refractivity contribution in [3.8, 4) is 0 Å². The molecule has 2 heterocycles. The van der Waals surface area contributed by atoms with Crippen molar-refractivity contribution in [3.05, 3.63) is 47.0 Å². The predicted molar refractivity (Wildman–Crippen MR) is 60.6 cm³/mol. The van der Waals surface area contributed by atoms with Crippen molar-refractivity contribution >= 4 is 17.8 Å². The van der Waals surface area contributed by atoms with Gasteiger partial charge in [0, 0.05) is 19.2 Å². The molecule has 1 aliphatic rings. The van der Waals surface area contributed by atoms with Crippen LogP contribution < -0.4 is 0 Å². The maximum atomic E-state index is 13.7. The van der Waals surface area contributed by atoms with E-state index in [1.807, 2.05) is 0 Å². The Balaban J connectivity index is 2.17. The number of nitrogens with zero attached hydrogens (tertiary/aromatic N) is 3. The van der Waals surface area contributed by atoms with Crippen molar-refractivity contribution < 1.29 is 18.3 Å². The Morgan fingerprint density at radius 2 is 2.16 bits per heavy atom. The molecule has 0 atom stereocenters. The van der Waals surface area contributed by atoms with E-state index >= 15 is 0 Å². The SMILES string of the molecule is Cn1ncnc1C=C1OC(=O)c2cc(F)cc(F)c21. The normalized spacial score (nSPS) is 15.7. The largest absolute Gasteiger partial charge is 0.422 e. The number of carbonyl (C=O) groups excluding carboxylic acids is 1. The summed E-state index contributed by atoms with van der Waals surface area (Å²) < 4.78 is 33.2. The van der Waals surface area contributed by atoms with Crippen LogP contribution in [0.4, 0.5) is 8.78 Å². The molecule has 96 valence electrons. The third-order valence-corrected chi connectivity index (χ3v) is 2.73. The Kier molecular flexibility index (Phi) is 2.41. The van der Waals surface area contributed by atoms with E-state index in [2.05, 4.69) is 10.1 Å². The summed E-state index contributed by atoms with van der Waals surface area (Å²) in [7, 11) is 1.64. The number of esters is 1. The van der Waals surface area contributed by atoms with E-state index in [0.717, 1.165) is 6.07 Å². The summed E-state index contributed by atoms with van der Waals surface area (Å²) in [5.41, 5.74) is -0.194. The molecule has 2 aromatic rings. The molecule has 0 saturated heterocycles. The van der Waals surface area contributed by atoms with Crippen molar-refractivity contribution in [2.45, 2.75) is 0 Å². The lowest BCUT2D eigenvalue weighted by atomic mass is 10.1. The van der Waals surface area contributed by atoms with Crippen LogP contribution >= 0.6 is 0 Å². The van der Waals surface area contributed by atoms with Crippen molar-refractivity contribution in [1.29, 1.82) is 0 Å². The molecule has 1 aromatic heterocycles. The van der Waals surface area contributed by atoms with E-state index in [4.69, 9.17) is 4.74 Å². The quantitative estimate of drug-likeness (QED) is 0.736. The van der Waals surface area contributed by atoms with Crippen LogP contribution in [0.1, 0.15) is 21.7 Å². The van der Waals surface area contributed by atoms with Crippen LogP contribution in [0.3, 0.4) is 0 Å². The first-order valence-corrected chi connectivity index (χ1v) is 5.33. The Morgan fingerprint density at radius 3 is 2.84 bits per heavy atom. The van der Waals surface area contributed by atoms with Crippen LogP contribution in [-0.2, 0) is 11.8 Å². The fourth-order valence-corrected chi connectivity index (χ4v) is 1.85. The fourth-order valence-electron chi connectivity index (χ4n) is 1.85. The van der Waals surface area contributed by atoms with E-state index in [1.54, 1.807) is 7.05 Å². The standard InChI is InChI=1S/C12H7F2N3O2/c1-17-10(15-5-16-17)4-9-11-7(12(18)19-9)2-6(13)3-8(11)14/h2-5H,1H3. The van der Waals surface area contributed by atoms with Crippen LogP contribution in [0.25, 0.3) is 11.8 Å². The number of rotatable bonds is 1. The number of benzene rings is 1. The highest BCUT2D eigenvalue weighted by Crippen LogP contribution is 2.33. The second-order valence-electron chi connectivity index (χ2n) is 3.95. The van der Waals surface area contributed by atoms with E-state index in [-0.39, 0.29) is 16.9 Å². The third-order valence-electron chi connectivity index (χ3n) is 2.73. The van der Waals surface area contributed by atoms with Crippen LogP contribution in [0.2, 0.25) is 0 Å². The van der Waals surface area contributed by atoms with E-state index in [0.29, 0.717) is 11.9 Å². The van der Waals surface area contributed by atoms with E-state index < -0.39 is 17.6 Å². The molecule has 1 aliphatic heterocycles. The molecule has 0 N–H and O–H groups in total. The molecule has 19 heavy (non-hydrogen) atoms. The molecule has 0 bridgehead atoms. The van der Waals surface area contributed by atoms with Crippen molar-refractivity contribution in [3.63, 3.8) is 0 Å². The van der Waals surface area contributed by atoms with Gasteiger partial charge in [-0.05, 0) is 6.07 Å². The molecule has 3 rings (SSSR count). The predicted octanol–water partition coefficient (Wildman–Crippen LogP) is 1.76. The number of hydrogen-bond acceptors (Lipinski definition) is 4. The summed E-state index contributed by atoms with van der Waals surface area (Å²) in [6, 6.07) is 1.64. The smallest absolute Gasteiger partial charge is 0.344 e. The summed E-state index contributed by atoms with van der Waals surface area (Å²) in [6.07, 6.45) is 2.68. The summed E-state index contributed by atoms with van der Waals surface area (Å²) in [5.74, 6) is -2.09. The third kappa shape index (κ3) is 1.79. The van der Waals surface area contributed by atoms with Gasteiger partial charge in [-0.25, -0.2) is 23.2 Å². The van der Waals surface area contributed by atoms with Gasteiger partial charge in [-0.1, -0.05) is 0 Å². The van der Waals surface area contributed by atoms with Crippen molar-refractivity contribution in [2.75, 3.05) is 0 Å². The first kappa shape index (κ1) is 11.5. The average molecular weight is 263 g/mol. The lowest BCUT2D eigenvalue weighted by Crippen LogP contribution is -1.95. The number of hydrogen-bond donors (Lipinski definition) is 0. The highest BCUT2D eigenvalue weighted by Gasteiger charge is 2.31. The van der Waals surface area contributed by atoms with E-state index in [1.165, 1.54) is 17.1 Å². The maximum absolute atomic E-state index is 13.7. The summed E-state index contributed by atoms with van der Waals surface area (Å²) in [5, 5.41) is 3.84. The Bertz CT molecular complexity index is 722. The van der Waals surface area contributed by atoms with Crippen LogP contribution in [0.15, 0.2) is 18.5 Å². The Morgan fingerprint density at radius 1 is 1.37 bits per heavy atom. The molecule has 1 aromatic carbocycles. The molecule has 5 nitrogen and oxygen atoms in total. The highest BCUT2D eigenvalue weighted by molar-refractivity contribution is 6.05. The summed E-state index contributed by atoms with van der Waals surface area (Å²) in [4.78, 5) is 15.5. The molecule has 0 spiro atoms. The van der Waals surface area contributed by atoms with Crippen molar-refractivity contribution in [2.24, 2.45) is 7.05 Å². The van der Waals surface area contributed by atoms with Gasteiger partial charge in [0.25, 0.3) is 0 Å². The van der Waals surface area contributed by atoms with Gasteiger partial charge in [-0.3, -0.25) is 0 Å². The van der Waals surface area contributed by atoms with E-state index in [9.17, 15) is 13.6 Å². The Labute approximate surface area is 106 Å². The minimum atomic E-state index is -0.853. The zero-order chi connectivity index (χ0) is 13.6. The second kappa shape index (κ2) is 3.98. The minimum absolute atomic E-state index is 0.00593. The molecule has 0 fully saturated rings. The highest BCUT2D eigenvalue weighted by atomic mass is 19.1. The fraction of sp³-hybridized carbons (Fsp3) is 0.0833. The number of halogens is 2. The summed E-state index contributed by atoms with van der Waals surface area (Å²) in [6.45, 7) is 0. The monoisotopic (exact) mass is 263 g/mol. The first-order chi connectivity index (χ1) is 9.06. The lowest BCUT2D eigenvalue weighted by molar-refractivity contribution is 0.0716. The molecule has 0 unspecified atom stereocenters. The van der Waals surface area contributed by atoms with Gasteiger partial charge in [-0.15, -0.1) is 0 Å². The zero-order valence-electron chi connectivity index (χ0n) is 9.72. The van der Waals surface area contributed by atoms with Gasteiger partial charge in [-0.2, -0.15) is 5.10 Å². The molecular formula is C12H7F2N3O2.